The molecule has 116 valence electrons. The fourth-order valence-corrected chi connectivity index (χ4v) is 3.26. The summed E-state index contributed by atoms with van der Waals surface area (Å²) in [5, 5.41) is 2.62. The standard InChI is InChI=1S/C16H20N4OS/c17-10-15-18-14(12-22-15)16(21)20-8-6-19(7-9-20)11-13-4-2-1-3-5-13/h1-5,12H,6-11,17H2. The molecule has 0 saturated carbocycles. The summed E-state index contributed by atoms with van der Waals surface area (Å²) in [5.74, 6) is 0.0234. The van der Waals surface area contributed by atoms with Crippen LogP contribution in [0.4, 0.5) is 0 Å². The zero-order chi connectivity index (χ0) is 15.4. The molecule has 22 heavy (non-hydrogen) atoms. The van der Waals surface area contributed by atoms with Crippen LogP contribution in [0.25, 0.3) is 0 Å². The summed E-state index contributed by atoms with van der Waals surface area (Å²) in [7, 11) is 0. The van der Waals surface area contributed by atoms with Crippen molar-refractivity contribution in [2.45, 2.75) is 13.1 Å². The maximum Gasteiger partial charge on any atom is 0.273 e. The lowest BCUT2D eigenvalue weighted by Gasteiger charge is -2.34. The van der Waals surface area contributed by atoms with E-state index in [1.165, 1.54) is 16.9 Å². The second-order valence-electron chi connectivity index (χ2n) is 5.38. The molecule has 0 aliphatic carbocycles. The molecule has 6 heteroatoms. The first-order valence-corrected chi connectivity index (χ1v) is 8.34. The fourth-order valence-electron chi connectivity index (χ4n) is 2.62. The van der Waals surface area contributed by atoms with Crippen molar-refractivity contribution in [3.63, 3.8) is 0 Å². The summed E-state index contributed by atoms with van der Waals surface area (Å²) in [6.07, 6.45) is 0. The van der Waals surface area contributed by atoms with Gasteiger partial charge in [-0.05, 0) is 5.56 Å². The molecule has 1 aromatic carbocycles. The van der Waals surface area contributed by atoms with Gasteiger partial charge in [0.1, 0.15) is 10.7 Å². The van der Waals surface area contributed by atoms with Crippen molar-refractivity contribution in [1.29, 1.82) is 0 Å². The first kappa shape index (κ1) is 15.1. The Morgan fingerprint density at radius 3 is 2.55 bits per heavy atom. The van der Waals surface area contributed by atoms with Crippen LogP contribution in [0.5, 0.6) is 0 Å². The summed E-state index contributed by atoms with van der Waals surface area (Å²) in [4.78, 5) is 21.0. The molecule has 0 bridgehead atoms. The van der Waals surface area contributed by atoms with Gasteiger partial charge in [0.25, 0.3) is 5.91 Å². The van der Waals surface area contributed by atoms with E-state index in [9.17, 15) is 4.79 Å². The zero-order valence-electron chi connectivity index (χ0n) is 12.4. The number of hydrogen-bond acceptors (Lipinski definition) is 5. The molecule has 0 radical (unpaired) electrons. The molecule has 1 aliphatic heterocycles. The summed E-state index contributed by atoms with van der Waals surface area (Å²) in [6.45, 7) is 4.63. The highest BCUT2D eigenvalue weighted by atomic mass is 32.1. The monoisotopic (exact) mass is 316 g/mol. The van der Waals surface area contributed by atoms with E-state index in [4.69, 9.17) is 5.73 Å². The van der Waals surface area contributed by atoms with Crippen LogP contribution in [-0.4, -0.2) is 46.9 Å². The molecule has 1 fully saturated rings. The Labute approximate surface area is 134 Å². The van der Waals surface area contributed by atoms with Gasteiger partial charge in [0, 0.05) is 44.6 Å². The Morgan fingerprint density at radius 2 is 1.91 bits per heavy atom. The third-order valence-corrected chi connectivity index (χ3v) is 4.73. The van der Waals surface area contributed by atoms with Gasteiger partial charge in [-0.25, -0.2) is 4.98 Å². The van der Waals surface area contributed by atoms with Crippen LogP contribution in [0.15, 0.2) is 35.7 Å². The number of carbonyl (C=O) groups is 1. The lowest BCUT2D eigenvalue weighted by atomic mass is 10.2. The Kier molecular flexibility index (Phi) is 4.82. The number of benzene rings is 1. The maximum absolute atomic E-state index is 12.4. The van der Waals surface area contributed by atoms with Crippen molar-refractivity contribution >= 4 is 17.2 Å². The van der Waals surface area contributed by atoms with E-state index in [-0.39, 0.29) is 5.91 Å². The molecule has 0 unspecified atom stereocenters. The molecule has 2 aromatic rings. The minimum absolute atomic E-state index is 0.0234. The smallest absolute Gasteiger partial charge is 0.273 e. The minimum atomic E-state index is 0.0234. The number of carbonyl (C=O) groups excluding carboxylic acids is 1. The average molecular weight is 316 g/mol. The second kappa shape index (κ2) is 7.00. The van der Waals surface area contributed by atoms with Crippen LogP contribution >= 0.6 is 11.3 Å². The molecular weight excluding hydrogens is 296 g/mol. The van der Waals surface area contributed by atoms with Gasteiger partial charge in [0.2, 0.25) is 0 Å². The number of hydrogen-bond donors (Lipinski definition) is 1. The van der Waals surface area contributed by atoms with E-state index < -0.39 is 0 Å². The van der Waals surface area contributed by atoms with Crippen molar-refractivity contribution in [3.8, 4) is 0 Å². The molecule has 2 heterocycles. The maximum atomic E-state index is 12.4. The van der Waals surface area contributed by atoms with E-state index in [2.05, 4.69) is 34.1 Å². The summed E-state index contributed by atoms with van der Waals surface area (Å²) >= 11 is 1.45. The molecule has 1 saturated heterocycles. The van der Waals surface area contributed by atoms with E-state index in [1.54, 1.807) is 5.38 Å². The van der Waals surface area contributed by atoms with E-state index in [0.717, 1.165) is 37.7 Å². The number of nitrogens with two attached hydrogens (primary N) is 1. The number of aromatic nitrogens is 1. The number of thiazole rings is 1. The van der Waals surface area contributed by atoms with Crippen molar-refractivity contribution < 1.29 is 4.79 Å². The second-order valence-corrected chi connectivity index (χ2v) is 6.33. The van der Waals surface area contributed by atoms with Gasteiger partial charge in [-0.15, -0.1) is 11.3 Å². The minimum Gasteiger partial charge on any atom is -0.335 e. The first-order valence-electron chi connectivity index (χ1n) is 7.46. The van der Waals surface area contributed by atoms with Crippen LogP contribution in [0.3, 0.4) is 0 Å². The van der Waals surface area contributed by atoms with Crippen molar-refractivity contribution in [2.75, 3.05) is 26.2 Å². The fraction of sp³-hybridized carbons (Fsp3) is 0.375. The van der Waals surface area contributed by atoms with Crippen molar-refractivity contribution in [1.82, 2.24) is 14.8 Å². The number of nitrogens with zero attached hydrogens (tertiary/aromatic N) is 3. The van der Waals surface area contributed by atoms with Gasteiger partial charge >= 0.3 is 0 Å². The third-order valence-electron chi connectivity index (χ3n) is 3.85. The third kappa shape index (κ3) is 3.52. The molecule has 0 spiro atoms. The summed E-state index contributed by atoms with van der Waals surface area (Å²) < 4.78 is 0. The first-order chi connectivity index (χ1) is 10.8. The van der Waals surface area contributed by atoms with Gasteiger partial charge in [-0.3, -0.25) is 9.69 Å². The van der Waals surface area contributed by atoms with Gasteiger partial charge in [-0.1, -0.05) is 30.3 Å². The molecule has 1 amide bonds. The number of amides is 1. The SMILES string of the molecule is NCc1nc(C(=O)N2CCN(Cc3ccccc3)CC2)cs1. The predicted octanol–water partition coefficient (Wildman–Crippen LogP) is 1.56. The van der Waals surface area contributed by atoms with Crippen LogP contribution in [0.1, 0.15) is 21.1 Å². The Balaban J connectivity index is 1.54. The predicted molar refractivity (Wildman–Crippen MR) is 87.6 cm³/mol. The average Bonchev–Trinajstić information content (AvgIpc) is 3.05. The molecule has 5 nitrogen and oxygen atoms in total. The van der Waals surface area contributed by atoms with E-state index >= 15 is 0 Å². The molecule has 1 aromatic heterocycles. The highest BCUT2D eigenvalue weighted by Gasteiger charge is 2.23. The van der Waals surface area contributed by atoms with Gasteiger partial charge in [-0.2, -0.15) is 0 Å². The van der Waals surface area contributed by atoms with E-state index in [0.29, 0.717) is 12.2 Å². The summed E-state index contributed by atoms with van der Waals surface area (Å²) in [5.41, 5.74) is 7.39. The van der Waals surface area contributed by atoms with Gasteiger partial charge < -0.3 is 10.6 Å². The molecular formula is C16H20N4OS. The topological polar surface area (TPSA) is 62.5 Å². The Morgan fingerprint density at radius 1 is 1.18 bits per heavy atom. The largest absolute Gasteiger partial charge is 0.335 e. The number of piperazine rings is 1. The molecule has 1 aliphatic rings. The number of rotatable bonds is 4. The lowest BCUT2D eigenvalue weighted by molar-refractivity contribution is 0.0623. The molecule has 2 N–H and O–H groups in total. The van der Waals surface area contributed by atoms with Gasteiger partial charge in [0.05, 0.1) is 0 Å². The Bertz CT molecular complexity index is 620. The Hall–Kier alpha value is -1.76. The normalized spacial score (nSPS) is 16.0. The van der Waals surface area contributed by atoms with Crippen LogP contribution in [0.2, 0.25) is 0 Å². The quantitative estimate of drug-likeness (QED) is 0.930. The van der Waals surface area contributed by atoms with Gasteiger partial charge in [0.15, 0.2) is 0 Å². The highest BCUT2D eigenvalue weighted by molar-refractivity contribution is 7.09. The van der Waals surface area contributed by atoms with Crippen LogP contribution in [0, 0.1) is 0 Å². The van der Waals surface area contributed by atoms with E-state index in [1.807, 2.05) is 11.0 Å². The van der Waals surface area contributed by atoms with Crippen molar-refractivity contribution in [2.24, 2.45) is 5.73 Å². The zero-order valence-corrected chi connectivity index (χ0v) is 13.3. The van der Waals surface area contributed by atoms with Crippen molar-refractivity contribution in [3.05, 3.63) is 52.0 Å². The van der Waals surface area contributed by atoms with Crippen LogP contribution in [-0.2, 0) is 13.1 Å². The van der Waals surface area contributed by atoms with Crippen LogP contribution < -0.4 is 5.73 Å². The lowest BCUT2D eigenvalue weighted by Crippen LogP contribution is -2.48. The highest BCUT2D eigenvalue weighted by Crippen LogP contribution is 2.14. The summed E-state index contributed by atoms with van der Waals surface area (Å²) in [6, 6.07) is 10.4. The molecule has 0 atom stereocenters. The molecule has 3 rings (SSSR count).